The maximum atomic E-state index is 13.8. The molecule has 0 aromatic heterocycles. The Morgan fingerprint density at radius 3 is 2.12 bits per heavy atom. The lowest BCUT2D eigenvalue weighted by Crippen LogP contribution is -2.04. The first-order chi connectivity index (χ1) is 7.58. The van der Waals surface area contributed by atoms with Crippen molar-refractivity contribution < 1.29 is 13.9 Å². The van der Waals surface area contributed by atoms with Gasteiger partial charge < -0.3 is 9.47 Å². The molecule has 0 atom stereocenters. The van der Waals surface area contributed by atoms with Crippen LogP contribution in [0.4, 0.5) is 4.39 Å². The van der Waals surface area contributed by atoms with Gasteiger partial charge >= 0.3 is 0 Å². The van der Waals surface area contributed by atoms with Crippen LogP contribution in [0.15, 0.2) is 0 Å². The van der Waals surface area contributed by atoms with Crippen molar-refractivity contribution in [2.45, 2.75) is 20.3 Å². The zero-order chi connectivity index (χ0) is 12.3. The van der Waals surface area contributed by atoms with Crippen LogP contribution in [-0.4, -0.2) is 14.2 Å². The Morgan fingerprint density at radius 2 is 1.69 bits per heavy atom. The number of nitriles is 1. The topological polar surface area (TPSA) is 42.2 Å². The molecule has 0 aliphatic carbocycles. The van der Waals surface area contributed by atoms with E-state index >= 15 is 0 Å². The van der Waals surface area contributed by atoms with Crippen LogP contribution < -0.4 is 9.47 Å². The van der Waals surface area contributed by atoms with Crippen molar-refractivity contribution in [1.29, 1.82) is 5.26 Å². The first-order valence-electron chi connectivity index (χ1n) is 4.84. The molecule has 0 aliphatic heterocycles. The molecule has 0 N–H and O–H groups in total. The van der Waals surface area contributed by atoms with E-state index in [2.05, 4.69) is 0 Å². The summed E-state index contributed by atoms with van der Waals surface area (Å²) < 4.78 is 24.1. The monoisotopic (exact) mass is 223 g/mol. The highest BCUT2D eigenvalue weighted by Crippen LogP contribution is 2.38. The van der Waals surface area contributed by atoms with Crippen molar-refractivity contribution in [2.24, 2.45) is 0 Å². The van der Waals surface area contributed by atoms with Gasteiger partial charge in [-0.3, -0.25) is 0 Å². The van der Waals surface area contributed by atoms with E-state index < -0.39 is 0 Å². The number of methoxy groups -OCH3 is 2. The van der Waals surface area contributed by atoms with Crippen molar-refractivity contribution in [3.63, 3.8) is 0 Å². The van der Waals surface area contributed by atoms with E-state index in [9.17, 15) is 4.39 Å². The SMILES string of the molecule is COc1c(C)c(F)c(C)c(CC#N)c1OC. The third-order valence-electron chi connectivity index (χ3n) is 2.60. The summed E-state index contributed by atoms with van der Waals surface area (Å²) in [5, 5.41) is 8.72. The van der Waals surface area contributed by atoms with Crippen molar-refractivity contribution in [1.82, 2.24) is 0 Å². The molecule has 16 heavy (non-hydrogen) atoms. The van der Waals surface area contributed by atoms with Crippen LogP contribution >= 0.6 is 0 Å². The zero-order valence-electron chi connectivity index (χ0n) is 9.85. The molecule has 0 spiro atoms. The smallest absolute Gasteiger partial charge is 0.166 e. The maximum absolute atomic E-state index is 13.8. The van der Waals surface area contributed by atoms with Crippen molar-refractivity contribution >= 4 is 0 Å². The van der Waals surface area contributed by atoms with Gasteiger partial charge in [-0.05, 0) is 19.4 Å². The summed E-state index contributed by atoms with van der Waals surface area (Å²) in [6.45, 7) is 3.26. The Hall–Kier alpha value is -1.76. The maximum Gasteiger partial charge on any atom is 0.166 e. The van der Waals surface area contributed by atoms with Crippen LogP contribution in [0.1, 0.15) is 16.7 Å². The molecule has 0 amide bonds. The number of ether oxygens (including phenoxy) is 2. The molecule has 1 aromatic rings. The molecular formula is C12H14FNO2. The molecule has 3 nitrogen and oxygen atoms in total. The van der Waals surface area contributed by atoms with Crippen LogP contribution in [0, 0.1) is 31.0 Å². The summed E-state index contributed by atoms with van der Waals surface area (Å²) in [7, 11) is 2.94. The molecule has 1 rings (SSSR count). The average Bonchev–Trinajstić information content (AvgIpc) is 2.29. The fourth-order valence-electron chi connectivity index (χ4n) is 1.74. The van der Waals surface area contributed by atoms with Gasteiger partial charge in [-0.25, -0.2) is 4.39 Å². The van der Waals surface area contributed by atoms with E-state index in [0.29, 0.717) is 28.2 Å². The van der Waals surface area contributed by atoms with E-state index in [0.717, 1.165) is 0 Å². The lowest BCUT2D eigenvalue weighted by Gasteiger charge is -2.17. The van der Waals surface area contributed by atoms with Gasteiger partial charge in [0.2, 0.25) is 0 Å². The van der Waals surface area contributed by atoms with Gasteiger partial charge in [0, 0.05) is 11.1 Å². The zero-order valence-corrected chi connectivity index (χ0v) is 9.85. The van der Waals surface area contributed by atoms with E-state index in [-0.39, 0.29) is 12.2 Å². The summed E-state index contributed by atoms with van der Waals surface area (Å²) in [6.07, 6.45) is 0.0998. The normalized spacial score (nSPS) is 9.75. The van der Waals surface area contributed by atoms with Crippen LogP contribution in [0.3, 0.4) is 0 Å². The number of rotatable bonds is 3. The molecule has 0 saturated carbocycles. The number of benzene rings is 1. The van der Waals surface area contributed by atoms with E-state index in [1.54, 1.807) is 13.8 Å². The minimum atomic E-state index is -0.345. The quantitative estimate of drug-likeness (QED) is 0.790. The predicted octanol–water partition coefficient (Wildman–Crippen LogP) is 2.53. The Labute approximate surface area is 94.4 Å². The Balaban J connectivity index is 3.59. The minimum absolute atomic E-state index is 0.0998. The molecule has 0 aliphatic rings. The van der Waals surface area contributed by atoms with Crippen LogP contribution in [0.25, 0.3) is 0 Å². The van der Waals surface area contributed by atoms with Crippen LogP contribution in [0.5, 0.6) is 11.5 Å². The fourth-order valence-corrected chi connectivity index (χ4v) is 1.74. The Kier molecular flexibility index (Phi) is 3.73. The van der Waals surface area contributed by atoms with Gasteiger partial charge in [-0.15, -0.1) is 0 Å². The lowest BCUT2D eigenvalue weighted by molar-refractivity contribution is 0.346. The highest BCUT2D eigenvalue weighted by atomic mass is 19.1. The second-order valence-electron chi connectivity index (χ2n) is 3.44. The van der Waals surface area contributed by atoms with Gasteiger partial charge in [0.1, 0.15) is 5.82 Å². The van der Waals surface area contributed by atoms with Crippen molar-refractivity contribution in [3.8, 4) is 17.6 Å². The van der Waals surface area contributed by atoms with Gasteiger partial charge in [0.05, 0.1) is 26.7 Å². The number of hydrogen-bond acceptors (Lipinski definition) is 3. The number of halogens is 1. The summed E-state index contributed by atoms with van der Waals surface area (Å²) in [5.74, 6) is 0.458. The molecule has 86 valence electrons. The molecule has 0 radical (unpaired) electrons. The third kappa shape index (κ3) is 1.81. The lowest BCUT2D eigenvalue weighted by atomic mass is 10.00. The average molecular weight is 223 g/mol. The molecule has 0 bridgehead atoms. The predicted molar refractivity (Wildman–Crippen MR) is 58.3 cm³/mol. The van der Waals surface area contributed by atoms with Crippen molar-refractivity contribution in [2.75, 3.05) is 14.2 Å². The molecule has 0 heterocycles. The summed E-state index contributed by atoms with van der Waals surface area (Å²) in [6, 6.07) is 2.00. The Morgan fingerprint density at radius 1 is 1.12 bits per heavy atom. The van der Waals surface area contributed by atoms with Gasteiger partial charge in [-0.1, -0.05) is 0 Å². The number of hydrogen-bond donors (Lipinski definition) is 0. The second kappa shape index (κ2) is 4.84. The molecule has 0 fully saturated rings. The van der Waals surface area contributed by atoms with E-state index in [1.165, 1.54) is 14.2 Å². The summed E-state index contributed by atoms with van der Waals surface area (Å²) >= 11 is 0. The van der Waals surface area contributed by atoms with Gasteiger partial charge in [0.25, 0.3) is 0 Å². The Bertz CT molecular complexity index is 450. The summed E-state index contributed by atoms with van der Waals surface area (Å²) in [4.78, 5) is 0. The van der Waals surface area contributed by atoms with Crippen LogP contribution in [-0.2, 0) is 6.42 Å². The molecule has 0 saturated heterocycles. The number of nitrogens with zero attached hydrogens (tertiary/aromatic N) is 1. The second-order valence-corrected chi connectivity index (χ2v) is 3.44. The molecule has 4 heteroatoms. The fraction of sp³-hybridized carbons (Fsp3) is 0.417. The first kappa shape index (κ1) is 12.3. The molecular weight excluding hydrogens is 209 g/mol. The van der Waals surface area contributed by atoms with E-state index in [4.69, 9.17) is 14.7 Å². The largest absolute Gasteiger partial charge is 0.493 e. The highest BCUT2D eigenvalue weighted by molar-refractivity contribution is 5.56. The molecule has 0 unspecified atom stereocenters. The van der Waals surface area contributed by atoms with Crippen molar-refractivity contribution in [3.05, 3.63) is 22.5 Å². The van der Waals surface area contributed by atoms with E-state index in [1.807, 2.05) is 6.07 Å². The van der Waals surface area contributed by atoms with Crippen LogP contribution in [0.2, 0.25) is 0 Å². The highest BCUT2D eigenvalue weighted by Gasteiger charge is 2.20. The summed E-state index contributed by atoms with van der Waals surface area (Å²) in [5.41, 5.74) is 1.39. The standard InChI is InChI=1S/C12H14FNO2/c1-7-9(5-6-14)12(16-4)11(15-3)8(2)10(7)13/h5H2,1-4H3. The minimum Gasteiger partial charge on any atom is -0.493 e. The third-order valence-corrected chi connectivity index (χ3v) is 2.60. The van der Waals surface area contributed by atoms with Gasteiger partial charge in [0.15, 0.2) is 11.5 Å². The first-order valence-corrected chi connectivity index (χ1v) is 4.84. The van der Waals surface area contributed by atoms with Gasteiger partial charge in [-0.2, -0.15) is 5.26 Å². The molecule has 1 aromatic carbocycles.